The minimum atomic E-state index is -0.300. The molecule has 2 N–H and O–H groups in total. The first-order chi connectivity index (χ1) is 10.3. The van der Waals surface area contributed by atoms with Crippen LogP contribution in [0, 0.1) is 11.3 Å². The molecule has 1 atom stereocenters. The van der Waals surface area contributed by atoms with E-state index >= 15 is 0 Å². The maximum atomic E-state index is 9.92. The molecule has 0 radical (unpaired) electrons. The number of nitrogens with zero attached hydrogens (tertiary/aromatic N) is 2. The molecule has 1 unspecified atom stereocenters. The second kappa shape index (κ2) is 8.58. The molecule has 1 aromatic rings. The molecular weight excluding hydrogens is 262 g/mol. The van der Waals surface area contributed by atoms with Crippen LogP contribution in [-0.4, -0.2) is 48.8 Å². The van der Waals surface area contributed by atoms with Crippen LogP contribution in [0.1, 0.15) is 24.0 Å². The Bertz CT molecular complexity index is 484. The average molecular weight is 285 g/mol. The van der Waals surface area contributed by atoms with Gasteiger partial charge < -0.3 is 15.3 Å². The fourth-order valence-corrected chi connectivity index (χ4v) is 2.52. The Morgan fingerprint density at radius 3 is 2.67 bits per heavy atom. The van der Waals surface area contributed by atoms with E-state index in [0.29, 0.717) is 12.1 Å². The van der Waals surface area contributed by atoms with Crippen LogP contribution in [-0.2, 0) is 0 Å². The van der Waals surface area contributed by atoms with E-state index in [-0.39, 0.29) is 6.10 Å². The SMILES string of the molecule is N#Cc1ccc(/C=C/CNCC(O)CN2CCCC2)cc1. The lowest BCUT2D eigenvalue weighted by atomic mass is 10.1. The Kier molecular flexibility index (Phi) is 6.42. The van der Waals surface area contributed by atoms with Gasteiger partial charge in [0.2, 0.25) is 0 Å². The second-order valence-electron chi connectivity index (χ2n) is 5.46. The minimum absolute atomic E-state index is 0.300. The number of β-amino-alcohol motifs (C(OH)–C–C–N with tert-alkyl or cyclic N) is 1. The monoisotopic (exact) mass is 285 g/mol. The quantitative estimate of drug-likeness (QED) is 0.747. The van der Waals surface area contributed by atoms with E-state index < -0.39 is 0 Å². The Morgan fingerprint density at radius 2 is 2.00 bits per heavy atom. The van der Waals surface area contributed by atoms with Crippen molar-refractivity contribution in [3.05, 3.63) is 41.5 Å². The van der Waals surface area contributed by atoms with Crippen molar-refractivity contribution in [1.82, 2.24) is 10.2 Å². The van der Waals surface area contributed by atoms with Gasteiger partial charge in [0.05, 0.1) is 17.7 Å². The summed E-state index contributed by atoms with van der Waals surface area (Å²) in [7, 11) is 0. The van der Waals surface area contributed by atoms with Crippen molar-refractivity contribution in [2.45, 2.75) is 18.9 Å². The summed E-state index contributed by atoms with van der Waals surface area (Å²) in [6, 6.07) is 9.58. The highest BCUT2D eigenvalue weighted by Gasteiger charge is 2.14. The highest BCUT2D eigenvalue weighted by Crippen LogP contribution is 2.07. The van der Waals surface area contributed by atoms with Gasteiger partial charge in [0, 0.05) is 19.6 Å². The van der Waals surface area contributed by atoms with E-state index in [1.165, 1.54) is 12.8 Å². The number of aliphatic hydroxyl groups is 1. The van der Waals surface area contributed by atoms with Crippen molar-refractivity contribution < 1.29 is 5.11 Å². The highest BCUT2D eigenvalue weighted by atomic mass is 16.3. The smallest absolute Gasteiger partial charge is 0.0991 e. The number of nitrogens with one attached hydrogen (secondary N) is 1. The number of hydrogen-bond acceptors (Lipinski definition) is 4. The van der Waals surface area contributed by atoms with Crippen molar-refractivity contribution in [1.29, 1.82) is 5.26 Å². The largest absolute Gasteiger partial charge is 0.390 e. The van der Waals surface area contributed by atoms with Gasteiger partial charge in [-0.25, -0.2) is 0 Å². The second-order valence-corrected chi connectivity index (χ2v) is 5.46. The van der Waals surface area contributed by atoms with Gasteiger partial charge >= 0.3 is 0 Å². The molecular formula is C17H23N3O. The molecule has 4 nitrogen and oxygen atoms in total. The minimum Gasteiger partial charge on any atom is -0.390 e. The average Bonchev–Trinajstić information content (AvgIpc) is 3.00. The molecule has 1 aliphatic heterocycles. The van der Waals surface area contributed by atoms with Crippen molar-refractivity contribution in [3.8, 4) is 6.07 Å². The van der Waals surface area contributed by atoms with Crippen LogP contribution in [0.4, 0.5) is 0 Å². The highest BCUT2D eigenvalue weighted by molar-refractivity contribution is 5.51. The Balaban J connectivity index is 1.61. The lowest BCUT2D eigenvalue weighted by molar-refractivity contribution is 0.124. The van der Waals surface area contributed by atoms with Crippen LogP contribution in [0.15, 0.2) is 30.3 Å². The summed E-state index contributed by atoms with van der Waals surface area (Å²) in [6.07, 6.45) is 6.26. The summed E-state index contributed by atoms with van der Waals surface area (Å²) in [5.74, 6) is 0. The van der Waals surface area contributed by atoms with Gasteiger partial charge in [-0.15, -0.1) is 0 Å². The molecule has 4 heteroatoms. The third-order valence-electron chi connectivity index (χ3n) is 3.66. The van der Waals surface area contributed by atoms with Gasteiger partial charge in [0.1, 0.15) is 0 Å². The van der Waals surface area contributed by atoms with Crippen LogP contribution in [0.3, 0.4) is 0 Å². The molecule has 0 aromatic heterocycles. The van der Waals surface area contributed by atoms with Gasteiger partial charge in [0.25, 0.3) is 0 Å². The fraction of sp³-hybridized carbons (Fsp3) is 0.471. The Hall–Kier alpha value is -1.67. The molecule has 1 fully saturated rings. The van der Waals surface area contributed by atoms with Crippen molar-refractivity contribution in [2.75, 3.05) is 32.7 Å². The van der Waals surface area contributed by atoms with Gasteiger partial charge in [0.15, 0.2) is 0 Å². The van der Waals surface area contributed by atoms with Crippen molar-refractivity contribution in [2.24, 2.45) is 0 Å². The third kappa shape index (κ3) is 5.68. The van der Waals surface area contributed by atoms with E-state index in [9.17, 15) is 5.11 Å². The predicted molar refractivity (Wildman–Crippen MR) is 84.7 cm³/mol. The summed E-state index contributed by atoms with van der Waals surface area (Å²) in [6.45, 7) is 4.36. The predicted octanol–water partition coefficient (Wildman–Crippen LogP) is 1.62. The summed E-state index contributed by atoms with van der Waals surface area (Å²) < 4.78 is 0. The summed E-state index contributed by atoms with van der Waals surface area (Å²) in [4.78, 5) is 2.32. The normalized spacial score (nSPS) is 17.1. The van der Waals surface area contributed by atoms with Crippen molar-refractivity contribution >= 4 is 6.08 Å². The topological polar surface area (TPSA) is 59.3 Å². The zero-order valence-corrected chi connectivity index (χ0v) is 12.3. The molecule has 0 spiro atoms. The summed E-state index contributed by atoms with van der Waals surface area (Å²) in [5, 5.41) is 21.9. The molecule has 21 heavy (non-hydrogen) atoms. The first-order valence-electron chi connectivity index (χ1n) is 7.56. The molecule has 1 aromatic carbocycles. The van der Waals surface area contributed by atoms with Crippen molar-refractivity contribution in [3.63, 3.8) is 0 Å². The number of rotatable bonds is 7. The van der Waals surface area contributed by atoms with Gasteiger partial charge in [-0.1, -0.05) is 24.3 Å². The van der Waals surface area contributed by atoms with Gasteiger partial charge in [-0.05, 0) is 43.6 Å². The maximum absolute atomic E-state index is 9.92. The number of hydrogen-bond donors (Lipinski definition) is 2. The molecule has 1 aliphatic rings. The first-order valence-corrected chi connectivity index (χ1v) is 7.56. The van der Waals surface area contributed by atoms with Gasteiger partial charge in [-0.3, -0.25) is 0 Å². The molecule has 0 aliphatic carbocycles. The maximum Gasteiger partial charge on any atom is 0.0991 e. The summed E-state index contributed by atoms with van der Waals surface area (Å²) >= 11 is 0. The van der Waals surface area contributed by atoms with Crippen LogP contribution in [0.2, 0.25) is 0 Å². The zero-order valence-electron chi connectivity index (χ0n) is 12.3. The van der Waals surface area contributed by atoms with E-state index in [1.54, 1.807) is 0 Å². The van der Waals surface area contributed by atoms with E-state index in [2.05, 4.69) is 16.3 Å². The number of nitriles is 1. The molecule has 0 amide bonds. The van der Waals surface area contributed by atoms with Crippen LogP contribution < -0.4 is 5.32 Å². The first kappa shape index (κ1) is 15.7. The molecule has 0 bridgehead atoms. The lowest BCUT2D eigenvalue weighted by Crippen LogP contribution is -2.37. The Labute approximate surface area is 126 Å². The van der Waals surface area contributed by atoms with Gasteiger partial charge in [-0.2, -0.15) is 5.26 Å². The Morgan fingerprint density at radius 1 is 1.29 bits per heavy atom. The van der Waals surface area contributed by atoms with Crippen LogP contribution >= 0.6 is 0 Å². The van der Waals surface area contributed by atoms with E-state index in [1.807, 2.05) is 36.4 Å². The third-order valence-corrected chi connectivity index (χ3v) is 3.66. The number of likely N-dealkylation sites (tertiary alicyclic amines) is 1. The summed E-state index contributed by atoms with van der Waals surface area (Å²) in [5.41, 5.74) is 1.75. The van der Waals surface area contributed by atoms with Crippen LogP contribution in [0.25, 0.3) is 6.08 Å². The van der Waals surface area contributed by atoms with E-state index in [0.717, 1.165) is 31.7 Å². The zero-order chi connectivity index (χ0) is 14.9. The molecule has 0 saturated carbocycles. The molecule has 2 rings (SSSR count). The fourth-order valence-electron chi connectivity index (χ4n) is 2.52. The lowest BCUT2D eigenvalue weighted by Gasteiger charge is -2.19. The van der Waals surface area contributed by atoms with Crippen LogP contribution in [0.5, 0.6) is 0 Å². The van der Waals surface area contributed by atoms with E-state index in [4.69, 9.17) is 5.26 Å². The standard InChI is InChI=1S/C17H23N3O/c18-12-16-7-5-15(6-8-16)4-3-9-19-13-17(21)14-20-10-1-2-11-20/h3-8,17,19,21H,1-2,9-11,13-14H2/b4-3+. The molecule has 1 saturated heterocycles. The number of benzene rings is 1. The molecule has 1 heterocycles. The molecule has 112 valence electrons. The number of aliphatic hydroxyl groups excluding tert-OH is 1.